The Balaban J connectivity index is 3.07. The normalized spacial score (nSPS) is 10.3. The van der Waals surface area contributed by atoms with Crippen LogP contribution in [-0.2, 0) is 6.42 Å². The third-order valence-electron chi connectivity index (χ3n) is 3.26. The maximum absolute atomic E-state index is 11.5. The van der Waals surface area contributed by atoms with Gasteiger partial charge >= 0.3 is 5.97 Å². The Morgan fingerprint density at radius 1 is 1.33 bits per heavy atom. The van der Waals surface area contributed by atoms with Crippen LogP contribution in [0.15, 0.2) is 24.3 Å². The number of hydrogen-bond acceptors (Lipinski definition) is 2. The van der Waals surface area contributed by atoms with Crippen LogP contribution < -0.4 is 0 Å². The maximum atomic E-state index is 11.5. The Hall–Kier alpha value is -2.34. The van der Waals surface area contributed by atoms with Crippen molar-refractivity contribution in [3.63, 3.8) is 0 Å². The van der Waals surface area contributed by atoms with Crippen molar-refractivity contribution < 1.29 is 9.90 Å². The standard InChI is InChI=1S/C15H13NO2/c1-3-10-13(8-16)9(2)11-6-4-5-7-12(11)14(10)15(17)18/h4-7H,3H2,1-2H3,(H,17,18). The van der Waals surface area contributed by atoms with Crippen molar-refractivity contribution in [3.8, 4) is 6.07 Å². The lowest BCUT2D eigenvalue weighted by atomic mass is 9.89. The second kappa shape index (κ2) is 4.50. The van der Waals surface area contributed by atoms with E-state index in [1.165, 1.54) is 0 Å². The van der Waals surface area contributed by atoms with Crippen LogP contribution >= 0.6 is 0 Å². The molecule has 0 atom stereocenters. The first kappa shape index (κ1) is 12.1. The molecular formula is C15H13NO2. The molecule has 0 aliphatic rings. The van der Waals surface area contributed by atoms with Crippen LogP contribution in [0.25, 0.3) is 10.8 Å². The number of carboxylic acids is 1. The van der Waals surface area contributed by atoms with Gasteiger partial charge in [0, 0.05) is 0 Å². The average Bonchev–Trinajstić information content (AvgIpc) is 2.38. The number of nitriles is 1. The summed E-state index contributed by atoms with van der Waals surface area (Å²) in [6.45, 7) is 3.74. The number of rotatable bonds is 2. The van der Waals surface area contributed by atoms with Crippen molar-refractivity contribution in [2.45, 2.75) is 20.3 Å². The first-order chi connectivity index (χ1) is 8.61. The molecule has 0 heterocycles. The van der Waals surface area contributed by atoms with Crippen molar-refractivity contribution >= 4 is 16.7 Å². The van der Waals surface area contributed by atoms with E-state index in [0.29, 0.717) is 22.9 Å². The van der Waals surface area contributed by atoms with Gasteiger partial charge in [0.2, 0.25) is 0 Å². The van der Waals surface area contributed by atoms with Gasteiger partial charge in [0.1, 0.15) is 0 Å². The molecule has 0 spiro atoms. The van der Waals surface area contributed by atoms with Crippen molar-refractivity contribution in [1.29, 1.82) is 5.26 Å². The zero-order valence-electron chi connectivity index (χ0n) is 10.3. The molecule has 0 aromatic heterocycles. The van der Waals surface area contributed by atoms with Crippen LogP contribution in [0.4, 0.5) is 0 Å². The van der Waals surface area contributed by atoms with Gasteiger partial charge in [-0.25, -0.2) is 4.79 Å². The molecule has 0 unspecified atom stereocenters. The largest absolute Gasteiger partial charge is 0.478 e. The van der Waals surface area contributed by atoms with Crippen LogP contribution in [0.3, 0.4) is 0 Å². The molecule has 2 rings (SSSR count). The lowest BCUT2D eigenvalue weighted by Crippen LogP contribution is -2.07. The van der Waals surface area contributed by atoms with Gasteiger partial charge in [-0.3, -0.25) is 0 Å². The average molecular weight is 239 g/mol. The van der Waals surface area contributed by atoms with E-state index in [1.807, 2.05) is 32.0 Å². The molecule has 0 bridgehead atoms. The highest BCUT2D eigenvalue weighted by atomic mass is 16.4. The third kappa shape index (κ3) is 1.63. The summed E-state index contributed by atoms with van der Waals surface area (Å²) in [4.78, 5) is 11.5. The van der Waals surface area contributed by atoms with E-state index in [-0.39, 0.29) is 5.56 Å². The van der Waals surface area contributed by atoms with Crippen molar-refractivity contribution in [3.05, 3.63) is 46.5 Å². The van der Waals surface area contributed by atoms with Crippen molar-refractivity contribution in [2.75, 3.05) is 0 Å². The fourth-order valence-corrected chi connectivity index (χ4v) is 2.43. The van der Waals surface area contributed by atoms with E-state index in [0.717, 1.165) is 10.9 Å². The molecule has 18 heavy (non-hydrogen) atoms. The van der Waals surface area contributed by atoms with E-state index in [9.17, 15) is 15.2 Å². The molecule has 0 aliphatic heterocycles. The Morgan fingerprint density at radius 3 is 2.44 bits per heavy atom. The SMILES string of the molecule is CCc1c(C#N)c(C)c2ccccc2c1C(=O)O. The van der Waals surface area contributed by atoms with Gasteiger partial charge in [0.25, 0.3) is 0 Å². The summed E-state index contributed by atoms with van der Waals surface area (Å²) in [5.41, 5.74) is 2.24. The van der Waals surface area contributed by atoms with Crippen LogP contribution in [-0.4, -0.2) is 11.1 Å². The molecule has 2 aromatic rings. The van der Waals surface area contributed by atoms with Crippen LogP contribution in [0.2, 0.25) is 0 Å². The van der Waals surface area contributed by atoms with E-state index in [4.69, 9.17) is 0 Å². The topological polar surface area (TPSA) is 61.1 Å². The molecule has 1 N–H and O–H groups in total. The molecule has 3 heteroatoms. The molecule has 3 nitrogen and oxygen atoms in total. The second-order valence-corrected chi connectivity index (χ2v) is 4.17. The Morgan fingerprint density at radius 2 is 1.94 bits per heavy atom. The maximum Gasteiger partial charge on any atom is 0.336 e. The minimum absolute atomic E-state index is 0.259. The minimum Gasteiger partial charge on any atom is -0.478 e. The molecule has 0 radical (unpaired) electrons. The summed E-state index contributed by atoms with van der Waals surface area (Å²) in [6.07, 6.45) is 0.538. The Labute approximate surface area is 105 Å². The number of aromatic carboxylic acids is 1. The number of hydrogen-bond donors (Lipinski definition) is 1. The molecule has 0 amide bonds. The van der Waals surface area contributed by atoms with Crippen molar-refractivity contribution in [2.24, 2.45) is 0 Å². The zero-order valence-corrected chi connectivity index (χ0v) is 10.3. The zero-order chi connectivity index (χ0) is 13.3. The van der Waals surface area contributed by atoms with E-state index in [1.54, 1.807) is 6.07 Å². The van der Waals surface area contributed by atoms with Gasteiger partial charge in [-0.1, -0.05) is 31.2 Å². The predicted octanol–water partition coefficient (Wildman–Crippen LogP) is 3.28. The smallest absolute Gasteiger partial charge is 0.336 e. The van der Waals surface area contributed by atoms with Crippen LogP contribution in [0.1, 0.15) is 34.0 Å². The van der Waals surface area contributed by atoms with Crippen LogP contribution in [0, 0.1) is 18.3 Å². The monoisotopic (exact) mass is 239 g/mol. The molecule has 90 valence electrons. The number of fused-ring (bicyclic) bond motifs is 1. The molecule has 0 fully saturated rings. The van der Waals surface area contributed by atoms with Gasteiger partial charge in [0.15, 0.2) is 0 Å². The number of nitrogens with zero attached hydrogens (tertiary/aromatic N) is 1. The molecule has 0 saturated heterocycles. The van der Waals surface area contributed by atoms with Gasteiger partial charge in [-0.2, -0.15) is 5.26 Å². The molecule has 0 aliphatic carbocycles. The fraction of sp³-hybridized carbons (Fsp3) is 0.200. The summed E-state index contributed by atoms with van der Waals surface area (Å²) in [7, 11) is 0. The van der Waals surface area contributed by atoms with Crippen LogP contribution in [0.5, 0.6) is 0 Å². The summed E-state index contributed by atoms with van der Waals surface area (Å²) < 4.78 is 0. The number of carbonyl (C=O) groups is 1. The predicted molar refractivity (Wildman–Crippen MR) is 69.7 cm³/mol. The van der Waals surface area contributed by atoms with Gasteiger partial charge in [0.05, 0.1) is 17.2 Å². The lowest BCUT2D eigenvalue weighted by molar-refractivity contribution is 0.0698. The number of benzene rings is 2. The van der Waals surface area contributed by atoms with E-state index >= 15 is 0 Å². The minimum atomic E-state index is -0.973. The van der Waals surface area contributed by atoms with E-state index in [2.05, 4.69) is 6.07 Å². The summed E-state index contributed by atoms with van der Waals surface area (Å²) in [5.74, 6) is -0.973. The fourth-order valence-electron chi connectivity index (χ4n) is 2.43. The lowest BCUT2D eigenvalue weighted by Gasteiger charge is -2.13. The summed E-state index contributed by atoms with van der Waals surface area (Å²) >= 11 is 0. The molecule has 0 saturated carbocycles. The second-order valence-electron chi connectivity index (χ2n) is 4.17. The van der Waals surface area contributed by atoms with E-state index < -0.39 is 5.97 Å². The molecule has 2 aromatic carbocycles. The summed E-state index contributed by atoms with van der Waals surface area (Å²) in [6, 6.07) is 9.47. The highest BCUT2D eigenvalue weighted by Gasteiger charge is 2.19. The van der Waals surface area contributed by atoms with Crippen molar-refractivity contribution in [1.82, 2.24) is 0 Å². The first-order valence-corrected chi connectivity index (χ1v) is 5.79. The number of aryl methyl sites for hydroxylation is 1. The molecular weight excluding hydrogens is 226 g/mol. The highest BCUT2D eigenvalue weighted by molar-refractivity contribution is 6.07. The number of carboxylic acid groups (broad SMARTS) is 1. The van der Waals surface area contributed by atoms with Gasteiger partial charge in [-0.15, -0.1) is 0 Å². The Kier molecular flexibility index (Phi) is 3.03. The quantitative estimate of drug-likeness (QED) is 0.874. The highest BCUT2D eigenvalue weighted by Crippen LogP contribution is 2.30. The first-order valence-electron chi connectivity index (χ1n) is 5.79. The van der Waals surface area contributed by atoms with Gasteiger partial charge < -0.3 is 5.11 Å². The third-order valence-corrected chi connectivity index (χ3v) is 3.26. The summed E-state index contributed by atoms with van der Waals surface area (Å²) in [5, 5.41) is 20.2. The Bertz CT molecular complexity index is 681. The van der Waals surface area contributed by atoms with Gasteiger partial charge in [-0.05, 0) is 35.2 Å².